The number of carbonyl (C=O) groups excluding carboxylic acids is 1. The first-order chi connectivity index (χ1) is 18.0. The average Bonchev–Trinajstić information content (AvgIpc) is 3.16. The topological polar surface area (TPSA) is 91.2 Å². The largest absolute Gasteiger partial charge is 0.411 e. The summed E-state index contributed by atoms with van der Waals surface area (Å²) >= 11 is 0. The Morgan fingerprint density at radius 2 is 1.70 bits per heavy atom. The summed E-state index contributed by atoms with van der Waals surface area (Å²) in [6, 6.07) is 16.7. The maximum absolute atomic E-state index is 13.5. The molecule has 1 saturated heterocycles. The van der Waals surface area contributed by atoms with Crippen LogP contribution in [0.1, 0.15) is 57.4 Å². The van der Waals surface area contributed by atoms with Gasteiger partial charge in [0.05, 0.1) is 17.4 Å². The molecule has 4 unspecified atom stereocenters. The number of nitrogens with one attached hydrogen (secondary N) is 1. The number of fused-ring (bicyclic) bond motifs is 11. The molecule has 6 nitrogen and oxygen atoms in total. The summed E-state index contributed by atoms with van der Waals surface area (Å²) < 4.78 is 6.86. The van der Waals surface area contributed by atoms with Crippen LogP contribution in [0.5, 0.6) is 0 Å². The molecule has 0 radical (unpaired) electrons. The zero-order valence-corrected chi connectivity index (χ0v) is 20.4. The molecule has 3 aliphatic heterocycles. The van der Waals surface area contributed by atoms with E-state index in [-0.39, 0.29) is 17.9 Å². The predicted octanol–water partition coefficient (Wildman–Crippen LogP) is 4.60. The van der Waals surface area contributed by atoms with E-state index in [1.165, 1.54) is 11.1 Å². The van der Waals surface area contributed by atoms with E-state index in [0.29, 0.717) is 25.1 Å². The van der Waals surface area contributed by atoms with Gasteiger partial charge in [-0.05, 0) is 75.4 Å². The number of rotatable bonds is 0. The van der Waals surface area contributed by atoms with Crippen LogP contribution in [0, 0.1) is 0 Å². The summed E-state index contributed by atoms with van der Waals surface area (Å²) in [6.07, 6.45) is 2.56. The van der Waals surface area contributed by atoms with Gasteiger partial charge in [-0.15, -0.1) is 0 Å². The van der Waals surface area contributed by atoms with Crippen molar-refractivity contribution in [1.82, 2.24) is 5.32 Å². The number of ether oxygens (including phenoxy) is 1. The third kappa shape index (κ3) is 2.57. The molecule has 3 aromatic rings. The lowest BCUT2D eigenvalue weighted by Gasteiger charge is -2.44. The van der Waals surface area contributed by atoms with Gasteiger partial charge in [-0.2, -0.15) is 0 Å². The molecule has 4 atom stereocenters. The van der Waals surface area contributed by atoms with Gasteiger partial charge in [-0.3, -0.25) is 4.79 Å². The van der Waals surface area contributed by atoms with Gasteiger partial charge < -0.3 is 20.4 Å². The van der Waals surface area contributed by atoms with Crippen molar-refractivity contribution in [1.29, 1.82) is 0 Å². The molecule has 3 N–H and O–H groups in total. The smallest absolute Gasteiger partial charge is 0.252 e. The Morgan fingerprint density at radius 1 is 0.973 bits per heavy atom. The van der Waals surface area contributed by atoms with Gasteiger partial charge in [0.25, 0.3) is 5.91 Å². The van der Waals surface area contributed by atoms with Crippen molar-refractivity contribution >= 4 is 17.2 Å². The summed E-state index contributed by atoms with van der Waals surface area (Å²) in [7, 11) is 0. The molecule has 8 rings (SSSR count). The number of aliphatic hydroxyl groups excluding tert-OH is 1. The Morgan fingerprint density at radius 3 is 2.49 bits per heavy atom. The highest BCUT2D eigenvalue weighted by Crippen LogP contribution is 2.59. The zero-order chi connectivity index (χ0) is 25.1. The molecule has 1 amide bonds. The molecule has 0 spiro atoms. The number of hydrogen-bond donors (Lipinski definition) is 3. The minimum Gasteiger partial charge on any atom is -0.411 e. The van der Waals surface area contributed by atoms with E-state index in [4.69, 9.17) is 4.74 Å². The van der Waals surface area contributed by atoms with E-state index in [0.717, 1.165) is 56.5 Å². The molecular formula is C31H26N2O4. The lowest BCUT2D eigenvalue weighted by molar-refractivity contribution is -0.111. The Labute approximate surface area is 214 Å². The predicted molar refractivity (Wildman–Crippen MR) is 140 cm³/mol. The maximum atomic E-state index is 13.5. The highest BCUT2D eigenvalue weighted by molar-refractivity contribution is 6.11. The first kappa shape index (κ1) is 21.4. The molecule has 3 heterocycles. The second-order valence-corrected chi connectivity index (χ2v) is 11.0. The summed E-state index contributed by atoms with van der Waals surface area (Å²) in [5.41, 5.74) is 10.8. The number of carbonyl (C=O) groups is 1. The van der Waals surface area contributed by atoms with Gasteiger partial charge in [0.2, 0.25) is 0 Å². The monoisotopic (exact) mass is 490 g/mol. The third-order valence-electron chi connectivity index (χ3n) is 9.23. The summed E-state index contributed by atoms with van der Waals surface area (Å²) in [5.74, 6) is -0.0964. The first-order valence-corrected chi connectivity index (χ1v) is 13.0. The van der Waals surface area contributed by atoms with Gasteiger partial charge in [-0.1, -0.05) is 59.8 Å². The number of benzene rings is 3. The second kappa shape index (κ2) is 7.18. The van der Waals surface area contributed by atoms with E-state index in [2.05, 4.69) is 46.9 Å². The fourth-order valence-corrected chi connectivity index (χ4v) is 7.63. The van der Waals surface area contributed by atoms with Crippen LogP contribution in [0.25, 0.3) is 27.8 Å². The second-order valence-electron chi connectivity index (χ2n) is 11.0. The number of aliphatic hydroxyl groups is 1. The van der Waals surface area contributed by atoms with Crippen LogP contribution in [0.2, 0.25) is 0 Å². The summed E-state index contributed by atoms with van der Waals surface area (Å²) in [6.45, 7) is 2.39. The molecule has 37 heavy (non-hydrogen) atoms. The standard InChI is InChI=1S/C31H26N2O4/c1-31-21-11-10-15-6-2-4-8-17(15)24-20-14-32-30(35)27(20)25-18-9-5-3-7-16(18)12-19(26(25)28(21)24)23(37-31)13-22(33-36)29(31)34/h2-9,11,19,23,29,34,36H,10,12-14H2,1H3,(H,32,35)/b33-22-. The third-order valence-corrected chi connectivity index (χ3v) is 9.23. The first-order valence-electron chi connectivity index (χ1n) is 13.0. The fourth-order valence-electron chi connectivity index (χ4n) is 7.63. The molecule has 6 heteroatoms. The van der Waals surface area contributed by atoms with Crippen molar-refractivity contribution < 1.29 is 19.8 Å². The molecule has 0 saturated carbocycles. The molecule has 2 aliphatic carbocycles. The maximum Gasteiger partial charge on any atom is 0.252 e. The van der Waals surface area contributed by atoms with Crippen LogP contribution in [0.15, 0.2) is 59.8 Å². The number of allylic oxidation sites excluding steroid dienone is 1. The average molecular weight is 491 g/mol. The Hall–Kier alpha value is -3.74. The SMILES string of the molecule is CC12OC(C/C(=N/O)C1O)C1Cc3ccccc3-c3c4c(c5c(c31)C2=CCc1ccccc1-5)CNC4=O. The minimum atomic E-state index is -1.09. The molecule has 184 valence electrons. The lowest BCUT2D eigenvalue weighted by Crippen LogP contribution is -2.55. The van der Waals surface area contributed by atoms with E-state index < -0.39 is 11.7 Å². The van der Waals surface area contributed by atoms with E-state index >= 15 is 0 Å². The zero-order valence-electron chi connectivity index (χ0n) is 20.4. The minimum absolute atomic E-state index is 0.0382. The number of oxime groups is 1. The number of nitrogens with zero attached hydrogens (tertiary/aromatic N) is 1. The molecule has 2 bridgehead atoms. The van der Waals surface area contributed by atoms with Crippen LogP contribution in [0.4, 0.5) is 0 Å². The van der Waals surface area contributed by atoms with Crippen LogP contribution in [-0.2, 0) is 24.1 Å². The Balaban J connectivity index is 1.60. The van der Waals surface area contributed by atoms with Crippen LogP contribution < -0.4 is 5.32 Å². The highest BCUT2D eigenvalue weighted by atomic mass is 16.5. The lowest BCUT2D eigenvalue weighted by atomic mass is 9.69. The van der Waals surface area contributed by atoms with Crippen molar-refractivity contribution in [3.63, 3.8) is 0 Å². The fraction of sp³-hybridized carbons (Fsp3) is 0.290. The Kier molecular flexibility index (Phi) is 4.14. The van der Waals surface area contributed by atoms with Crippen LogP contribution >= 0.6 is 0 Å². The van der Waals surface area contributed by atoms with E-state index in [9.17, 15) is 15.1 Å². The normalized spacial score (nSPS) is 29.2. The van der Waals surface area contributed by atoms with Crippen molar-refractivity contribution in [3.8, 4) is 22.3 Å². The molecular weight excluding hydrogens is 464 g/mol. The van der Waals surface area contributed by atoms with E-state index in [1.807, 2.05) is 25.1 Å². The highest BCUT2D eigenvalue weighted by Gasteiger charge is 2.55. The van der Waals surface area contributed by atoms with Crippen molar-refractivity contribution in [2.45, 2.75) is 56.5 Å². The number of hydrogen-bond acceptors (Lipinski definition) is 5. The quantitative estimate of drug-likeness (QED) is 0.317. The summed E-state index contributed by atoms with van der Waals surface area (Å²) in [4.78, 5) is 13.5. The molecule has 1 fully saturated rings. The molecule has 0 aromatic heterocycles. The summed E-state index contributed by atoms with van der Waals surface area (Å²) in [5, 5.41) is 28.1. The van der Waals surface area contributed by atoms with Crippen molar-refractivity contribution in [2.75, 3.05) is 0 Å². The van der Waals surface area contributed by atoms with Gasteiger partial charge >= 0.3 is 0 Å². The number of amides is 1. The Bertz CT molecular complexity index is 1620. The molecule has 3 aromatic carbocycles. The van der Waals surface area contributed by atoms with Gasteiger partial charge in [0, 0.05) is 18.9 Å². The van der Waals surface area contributed by atoms with Crippen molar-refractivity contribution in [3.05, 3.63) is 88.0 Å². The van der Waals surface area contributed by atoms with E-state index in [1.54, 1.807) is 0 Å². The van der Waals surface area contributed by atoms with Gasteiger partial charge in [0.1, 0.15) is 11.7 Å². The molecule has 5 aliphatic rings. The van der Waals surface area contributed by atoms with Crippen LogP contribution in [-0.4, -0.2) is 39.7 Å². The van der Waals surface area contributed by atoms with Crippen molar-refractivity contribution in [2.24, 2.45) is 5.16 Å². The van der Waals surface area contributed by atoms with Gasteiger partial charge in [0.15, 0.2) is 0 Å². The van der Waals surface area contributed by atoms with Crippen LogP contribution in [0.3, 0.4) is 0 Å². The van der Waals surface area contributed by atoms with Gasteiger partial charge in [-0.25, -0.2) is 0 Å².